The van der Waals surface area contributed by atoms with E-state index in [4.69, 9.17) is 4.74 Å². The van der Waals surface area contributed by atoms with Gasteiger partial charge in [0.15, 0.2) is 0 Å². The van der Waals surface area contributed by atoms with Crippen LogP contribution >= 0.6 is 11.8 Å². The zero-order valence-corrected chi connectivity index (χ0v) is 12.7. The highest BCUT2D eigenvalue weighted by molar-refractivity contribution is 7.99. The topological polar surface area (TPSA) is 21.3 Å². The molecule has 0 bridgehead atoms. The van der Waals surface area contributed by atoms with Gasteiger partial charge in [-0.15, -0.1) is 0 Å². The Labute approximate surface area is 110 Å². The lowest BCUT2D eigenvalue weighted by atomic mass is 9.64. The number of thioether (sulfide) groups is 1. The van der Waals surface area contributed by atoms with Gasteiger partial charge in [0.2, 0.25) is 0 Å². The van der Waals surface area contributed by atoms with Crippen LogP contribution < -0.4 is 5.32 Å². The minimum Gasteiger partial charge on any atom is -0.381 e. The first-order valence-electron chi connectivity index (χ1n) is 6.72. The Morgan fingerprint density at radius 1 is 1.24 bits per heavy atom. The Morgan fingerprint density at radius 3 is 2.47 bits per heavy atom. The van der Waals surface area contributed by atoms with Crippen LogP contribution in [-0.4, -0.2) is 36.8 Å². The first-order valence-corrected chi connectivity index (χ1v) is 7.87. The van der Waals surface area contributed by atoms with E-state index in [1.54, 1.807) is 0 Å². The number of ether oxygens (including phenoxy) is 1. The molecule has 2 rings (SSSR count). The Kier molecular flexibility index (Phi) is 3.82. The zero-order valence-electron chi connectivity index (χ0n) is 11.9. The summed E-state index contributed by atoms with van der Waals surface area (Å²) in [5, 5.41) is 3.86. The SMILES string of the molecule is COC1CC(NC2CSCC(C)(C)C2)C1(C)C. The molecule has 0 spiro atoms. The molecule has 2 aliphatic rings. The van der Waals surface area contributed by atoms with Crippen molar-refractivity contribution in [3.05, 3.63) is 0 Å². The van der Waals surface area contributed by atoms with Crippen molar-refractivity contribution < 1.29 is 4.74 Å². The second-order valence-corrected chi connectivity index (χ2v) is 8.11. The summed E-state index contributed by atoms with van der Waals surface area (Å²) in [5.41, 5.74) is 0.788. The van der Waals surface area contributed by atoms with E-state index in [9.17, 15) is 0 Å². The van der Waals surface area contributed by atoms with Crippen molar-refractivity contribution in [1.29, 1.82) is 0 Å². The molecule has 1 heterocycles. The Hall–Kier alpha value is 0.270. The molecular formula is C14H27NOS. The van der Waals surface area contributed by atoms with E-state index < -0.39 is 0 Å². The van der Waals surface area contributed by atoms with Crippen LogP contribution in [-0.2, 0) is 4.74 Å². The average Bonchev–Trinajstić information content (AvgIpc) is 2.22. The van der Waals surface area contributed by atoms with Crippen LogP contribution in [0, 0.1) is 10.8 Å². The van der Waals surface area contributed by atoms with Crippen molar-refractivity contribution >= 4 is 11.8 Å². The van der Waals surface area contributed by atoms with Crippen molar-refractivity contribution in [1.82, 2.24) is 5.32 Å². The van der Waals surface area contributed by atoms with Crippen LogP contribution in [0.25, 0.3) is 0 Å². The van der Waals surface area contributed by atoms with E-state index in [2.05, 4.69) is 44.8 Å². The predicted octanol–water partition coefficient (Wildman–Crippen LogP) is 2.92. The molecule has 2 fully saturated rings. The normalized spacial score (nSPS) is 39.7. The van der Waals surface area contributed by atoms with Gasteiger partial charge in [-0.25, -0.2) is 0 Å². The molecule has 3 unspecified atom stereocenters. The van der Waals surface area contributed by atoms with Crippen LogP contribution in [0.1, 0.15) is 40.5 Å². The molecule has 100 valence electrons. The van der Waals surface area contributed by atoms with Crippen LogP contribution in [0.5, 0.6) is 0 Å². The van der Waals surface area contributed by atoms with Gasteiger partial charge in [0, 0.05) is 30.4 Å². The molecule has 3 heteroatoms. The van der Waals surface area contributed by atoms with Crippen LogP contribution in [0.3, 0.4) is 0 Å². The first kappa shape index (κ1) is 13.7. The first-order chi connectivity index (χ1) is 7.85. The number of methoxy groups -OCH3 is 1. The fourth-order valence-electron chi connectivity index (χ4n) is 3.22. The van der Waals surface area contributed by atoms with E-state index in [1.807, 2.05) is 7.11 Å². The molecule has 1 saturated carbocycles. The highest BCUT2D eigenvalue weighted by Gasteiger charge is 2.49. The molecule has 1 saturated heterocycles. The molecule has 3 atom stereocenters. The fourth-order valence-corrected chi connectivity index (χ4v) is 4.51. The summed E-state index contributed by atoms with van der Waals surface area (Å²) in [6.07, 6.45) is 2.92. The molecule has 1 aliphatic carbocycles. The third-order valence-corrected chi connectivity index (χ3v) is 6.13. The third kappa shape index (κ3) is 2.82. The summed E-state index contributed by atoms with van der Waals surface area (Å²) < 4.78 is 5.52. The number of hydrogen-bond donors (Lipinski definition) is 1. The van der Waals surface area contributed by atoms with Gasteiger partial charge >= 0.3 is 0 Å². The smallest absolute Gasteiger partial charge is 0.0652 e. The molecule has 0 aromatic carbocycles. The fraction of sp³-hybridized carbons (Fsp3) is 1.00. The maximum absolute atomic E-state index is 5.52. The van der Waals surface area contributed by atoms with E-state index in [0.717, 1.165) is 0 Å². The largest absolute Gasteiger partial charge is 0.381 e. The average molecular weight is 257 g/mol. The second-order valence-electron chi connectivity index (χ2n) is 7.08. The van der Waals surface area contributed by atoms with Gasteiger partial charge in [-0.2, -0.15) is 11.8 Å². The van der Waals surface area contributed by atoms with Gasteiger partial charge in [0.25, 0.3) is 0 Å². The van der Waals surface area contributed by atoms with Gasteiger partial charge in [-0.05, 0) is 24.0 Å². The van der Waals surface area contributed by atoms with Crippen molar-refractivity contribution in [3.63, 3.8) is 0 Å². The van der Waals surface area contributed by atoms with E-state index in [0.29, 0.717) is 29.0 Å². The highest BCUT2D eigenvalue weighted by Crippen LogP contribution is 2.43. The molecule has 1 aliphatic heterocycles. The lowest BCUT2D eigenvalue weighted by molar-refractivity contribution is -0.100. The zero-order chi connectivity index (χ0) is 12.7. The summed E-state index contributed by atoms with van der Waals surface area (Å²) in [4.78, 5) is 0. The van der Waals surface area contributed by atoms with Gasteiger partial charge in [-0.3, -0.25) is 0 Å². The van der Waals surface area contributed by atoms with Gasteiger partial charge in [0.05, 0.1) is 6.10 Å². The maximum atomic E-state index is 5.52. The number of nitrogens with one attached hydrogen (secondary N) is 1. The Balaban J connectivity index is 1.86. The Bertz CT molecular complexity index is 277. The molecule has 0 aromatic rings. The highest BCUT2D eigenvalue weighted by atomic mass is 32.2. The minimum absolute atomic E-state index is 0.293. The quantitative estimate of drug-likeness (QED) is 0.840. The van der Waals surface area contributed by atoms with Gasteiger partial charge in [0.1, 0.15) is 0 Å². The maximum Gasteiger partial charge on any atom is 0.0652 e. The lowest BCUT2D eigenvalue weighted by Crippen LogP contribution is -2.63. The van der Waals surface area contributed by atoms with E-state index in [-0.39, 0.29) is 0 Å². The van der Waals surface area contributed by atoms with E-state index in [1.165, 1.54) is 24.3 Å². The van der Waals surface area contributed by atoms with E-state index >= 15 is 0 Å². The Morgan fingerprint density at radius 2 is 1.94 bits per heavy atom. The summed E-state index contributed by atoms with van der Waals surface area (Å²) in [7, 11) is 1.84. The lowest BCUT2D eigenvalue weighted by Gasteiger charge is -2.53. The van der Waals surface area contributed by atoms with Crippen molar-refractivity contribution in [2.24, 2.45) is 10.8 Å². The number of rotatable bonds is 3. The second kappa shape index (κ2) is 4.75. The van der Waals surface area contributed by atoms with Crippen molar-refractivity contribution in [2.75, 3.05) is 18.6 Å². The molecular weight excluding hydrogens is 230 g/mol. The third-order valence-electron chi connectivity index (χ3n) is 4.51. The number of hydrogen-bond acceptors (Lipinski definition) is 3. The molecule has 0 radical (unpaired) electrons. The van der Waals surface area contributed by atoms with Crippen LogP contribution in [0.4, 0.5) is 0 Å². The summed E-state index contributed by atoms with van der Waals surface area (Å²) >= 11 is 2.10. The minimum atomic E-state index is 0.293. The molecule has 0 amide bonds. The summed E-state index contributed by atoms with van der Waals surface area (Å²) in [5.74, 6) is 2.58. The molecule has 0 aromatic heterocycles. The summed E-state index contributed by atoms with van der Waals surface area (Å²) in [6, 6.07) is 1.32. The molecule has 2 nitrogen and oxygen atoms in total. The predicted molar refractivity (Wildman–Crippen MR) is 75.6 cm³/mol. The molecule has 1 N–H and O–H groups in total. The van der Waals surface area contributed by atoms with Crippen molar-refractivity contribution in [3.8, 4) is 0 Å². The standard InChI is InChI=1S/C14H27NOS/c1-13(2)7-10(8-17-9-13)15-11-6-12(16-5)14(11,3)4/h10-12,15H,6-9H2,1-5H3. The monoisotopic (exact) mass is 257 g/mol. The molecule has 17 heavy (non-hydrogen) atoms. The van der Waals surface area contributed by atoms with Gasteiger partial charge in [-0.1, -0.05) is 27.7 Å². The van der Waals surface area contributed by atoms with Crippen molar-refractivity contribution in [2.45, 2.75) is 58.7 Å². The van der Waals surface area contributed by atoms with Crippen LogP contribution in [0.2, 0.25) is 0 Å². The van der Waals surface area contributed by atoms with Crippen LogP contribution in [0.15, 0.2) is 0 Å². The van der Waals surface area contributed by atoms with Gasteiger partial charge < -0.3 is 10.1 Å². The summed E-state index contributed by atoms with van der Waals surface area (Å²) in [6.45, 7) is 9.42.